The van der Waals surface area contributed by atoms with E-state index in [-0.39, 0.29) is 18.1 Å². The summed E-state index contributed by atoms with van der Waals surface area (Å²) in [6.45, 7) is 2.91. The minimum absolute atomic E-state index is 0.0977. The normalized spacial score (nSPS) is 12.6. The largest absolute Gasteiger partial charge is 0.573 e. The lowest BCUT2D eigenvalue weighted by atomic mass is 9.96. The molecule has 8 heteroatoms. The molecule has 122 valence electrons. The van der Waals surface area contributed by atoms with Crippen LogP contribution in [0.4, 0.5) is 13.2 Å². The summed E-state index contributed by atoms with van der Waals surface area (Å²) in [6.07, 6.45) is -4.98. The van der Waals surface area contributed by atoms with Crippen molar-refractivity contribution in [1.29, 1.82) is 0 Å². The lowest BCUT2D eigenvalue weighted by molar-refractivity contribution is -0.274. The molecule has 0 aliphatic heterocycles. The molecule has 4 nitrogen and oxygen atoms in total. The van der Waals surface area contributed by atoms with E-state index >= 15 is 0 Å². The van der Waals surface area contributed by atoms with Gasteiger partial charge in [0.1, 0.15) is 17.5 Å². The predicted octanol–water partition coefficient (Wildman–Crippen LogP) is 3.55. The first-order chi connectivity index (χ1) is 10.1. The quantitative estimate of drug-likeness (QED) is 0.588. The Morgan fingerprint density at radius 2 is 1.95 bits per heavy atom. The lowest BCUT2D eigenvalue weighted by Crippen LogP contribution is -2.26. The van der Waals surface area contributed by atoms with Crippen molar-refractivity contribution in [3.05, 3.63) is 28.8 Å². The summed E-state index contributed by atoms with van der Waals surface area (Å²) in [4.78, 5) is 23.2. The van der Waals surface area contributed by atoms with E-state index in [2.05, 4.69) is 4.74 Å². The molecule has 22 heavy (non-hydrogen) atoms. The average Bonchev–Trinajstić information content (AvgIpc) is 2.37. The van der Waals surface area contributed by atoms with Gasteiger partial charge in [-0.3, -0.25) is 9.59 Å². The van der Waals surface area contributed by atoms with Gasteiger partial charge < -0.3 is 9.47 Å². The summed E-state index contributed by atoms with van der Waals surface area (Å²) in [5.74, 6) is -2.83. The molecular formula is C14H14ClF3O4. The molecule has 1 rings (SSSR count). The molecule has 0 bridgehead atoms. The molecule has 0 amide bonds. The molecule has 1 unspecified atom stereocenters. The fraction of sp³-hybridized carbons (Fsp3) is 0.429. The topological polar surface area (TPSA) is 52.6 Å². The van der Waals surface area contributed by atoms with E-state index in [4.69, 9.17) is 16.3 Å². The number of carbonyl (C=O) groups excluding carboxylic acids is 2. The van der Waals surface area contributed by atoms with Crippen molar-refractivity contribution in [3.8, 4) is 5.75 Å². The maximum Gasteiger partial charge on any atom is 0.573 e. The third-order valence-electron chi connectivity index (χ3n) is 2.72. The average molecular weight is 339 g/mol. The zero-order chi connectivity index (χ0) is 16.9. The van der Waals surface area contributed by atoms with Gasteiger partial charge in [0.15, 0.2) is 0 Å². The van der Waals surface area contributed by atoms with Crippen LogP contribution in [0.15, 0.2) is 18.2 Å². The van der Waals surface area contributed by atoms with Crippen molar-refractivity contribution >= 4 is 23.4 Å². The van der Waals surface area contributed by atoms with Crippen molar-refractivity contribution in [2.75, 3.05) is 6.61 Å². The highest BCUT2D eigenvalue weighted by Gasteiger charge is 2.32. The van der Waals surface area contributed by atoms with Crippen LogP contribution in [0.1, 0.15) is 19.4 Å². The standard InChI is InChI=1S/C14H14ClF3O4/c1-3-21-13(20)10(8(2)19)6-9-4-5-11(15)12(7-9)22-14(16,17)18/h4-5,7,10H,3,6H2,1-2H3. The first-order valence-corrected chi connectivity index (χ1v) is 6.73. The van der Waals surface area contributed by atoms with Gasteiger partial charge in [0.05, 0.1) is 11.6 Å². The van der Waals surface area contributed by atoms with Crippen molar-refractivity contribution in [2.45, 2.75) is 26.6 Å². The number of hydrogen-bond donors (Lipinski definition) is 0. The molecule has 0 heterocycles. The summed E-state index contributed by atoms with van der Waals surface area (Å²) in [5.41, 5.74) is 0.303. The Balaban J connectivity index is 2.98. The summed E-state index contributed by atoms with van der Waals surface area (Å²) in [5, 5.41) is -0.225. The number of halogens is 4. The van der Waals surface area contributed by atoms with E-state index < -0.39 is 29.8 Å². The Labute approximate surface area is 130 Å². The number of rotatable bonds is 6. The molecule has 0 radical (unpaired) electrons. The molecule has 0 spiro atoms. The summed E-state index contributed by atoms with van der Waals surface area (Å²) >= 11 is 5.63. The number of esters is 1. The molecule has 0 aliphatic carbocycles. The Hall–Kier alpha value is -1.76. The molecule has 1 aromatic carbocycles. The minimum Gasteiger partial charge on any atom is -0.465 e. The number of benzene rings is 1. The van der Waals surface area contributed by atoms with Crippen molar-refractivity contribution in [3.63, 3.8) is 0 Å². The van der Waals surface area contributed by atoms with E-state index in [1.165, 1.54) is 19.1 Å². The van der Waals surface area contributed by atoms with Gasteiger partial charge in [0.25, 0.3) is 0 Å². The van der Waals surface area contributed by atoms with Gasteiger partial charge in [-0.2, -0.15) is 0 Å². The van der Waals surface area contributed by atoms with Crippen molar-refractivity contribution < 1.29 is 32.2 Å². The minimum atomic E-state index is -4.89. The van der Waals surface area contributed by atoms with Crippen LogP contribution < -0.4 is 4.74 Å². The van der Waals surface area contributed by atoms with Crippen molar-refractivity contribution in [1.82, 2.24) is 0 Å². The molecule has 1 aromatic rings. The van der Waals surface area contributed by atoms with E-state index in [1.807, 2.05) is 0 Å². The van der Waals surface area contributed by atoms with E-state index in [9.17, 15) is 22.8 Å². The third-order valence-corrected chi connectivity index (χ3v) is 3.04. The maximum atomic E-state index is 12.3. The van der Waals surface area contributed by atoms with Crippen LogP contribution in [0.3, 0.4) is 0 Å². The van der Waals surface area contributed by atoms with Crippen LogP contribution in [0, 0.1) is 5.92 Å². The fourth-order valence-corrected chi connectivity index (χ4v) is 1.91. The molecule has 0 saturated heterocycles. The zero-order valence-electron chi connectivity index (χ0n) is 11.9. The number of Topliss-reactive ketones (excluding diaryl/α,β-unsaturated/α-hetero) is 1. The number of carbonyl (C=O) groups is 2. The molecular weight excluding hydrogens is 325 g/mol. The maximum absolute atomic E-state index is 12.3. The van der Waals surface area contributed by atoms with E-state index in [1.54, 1.807) is 6.92 Å². The van der Waals surface area contributed by atoms with Crippen LogP contribution in [0.2, 0.25) is 5.02 Å². The first kappa shape index (κ1) is 18.3. The van der Waals surface area contributed by atoms with E-state index in [0.717, 1.165) is 6.07 Å². The zero-order valence-corrected chi connectivity index (χ0v) is 12.6. The van der Waals surface area contributed by atoms with Crippen molar-refractivity contribution in [2.24, 2.45) is 5.92 Å². The second-order valence-electron chi connectivity index (χ2n) is 4.43. The summed E-state index contributed by atoms with van der Waals surface area (Å²) < 4.78 is 45.4. The van der Waals surface area contributed by atoms with Gasteiger partial charge >= 0.3 is 12.3 Å². The highest BCUT2D eigenvalue weighted by molar-refractivity contribution is 6.32. The Morgan fingerprint density at radius 1 is 1.32 bits per heavy atom. The number of ketones is 1. The highest BCUT2D eigenvalue weighted by atomic mass is 35.5. The number of alkyl halides is 3. The monoisotopic (exact) mass is 338 g/mol. The number of hydrogen-bond acceptors (Lipinski definition) is 4. The second-order valence-corrected chi connectivity index (χ2v) is 4.84. The predicted molar refractivity (Wildman–Crippen MR) is 72.6 cm³/mol. The first-order valence-electron chi connectivity index (χ1n) is 6.35. The van der Waals surface area contributed by atoms with Crippen LogP contribution in [-0.2, 0) is 20.7 Å². The Kier molecular flexibility index (Phi) is 6.22. The van der Waals surface area contributed by atoms with Gasteiger partial charge in [-0.1, -0.05) is 17.7 Å². The summed E-state index contributed by atoms with van der Waals surface area (Å²) in [6, 6.07) is 3.67. The Morgan fingerprint density at radius 3 is 2.45 bits per heavy atom. The van der Waals surface area contributed by atoms with Gasteiger partial charge in [-0.05, 0) is 38.0 Å². The molecule has 0 saturated carbocycles. The number of ether oxygens (including phenoxy) is 2. The molecule has 0 fully saturated rings. The van der Waals surface area contributed by atoms with Gasteiger partial charge in [-0.25, -0.2) is 0 Å². The van der Waals surface area contributed by atoms with Gasteiger partial charge in [0.2, 0.25) is 0 Å². The van der Waals surface area contributed by atoms with Crippen LogP contribution in [-0.4, -0.2) is 24.7 Å². The van der Waals surface area contributed by atoms with E-state index in [0.29, 0.717) is 5.56 Å². The third kappa shape index (κ3) is 5.55. The van der Waals surface area contributed by atoms with Crippen LogP contribution in [0.25, 0.3) is 0 Å². The highest BCUT2D eigenvalue weighted by Crippen LogP contribution is 2.31. The summed E-state index contributed by atoms with van der Waals surface area (Å²) in [7, 11) is 0. The molecule has 0 N–H and O–H groups in total. The SMILES string of the molecule is CCOC(=O)C(Cc1ccc(Cl)c(OC(F)(F)F)c1)C(C)=O. The second kappa shape index (κ2) is 7.49. The van der Waals surface area contributed by atoms with Gasteiger partial charge in [-0.15, -0.1) is 13.2 Å². The fourth-order valence-electron chi connectivity index (χ4n) is 1.75. The van der Waals surface area contributed by atoms with Crippen LogP contribution >= 0.6 is 11.6 Å². The van der Waals surface area contributed by atoms with Gasteiger partial charge in [0, 0.05) is 0 Å². The molecule has 0 aliphatic rings. The lowest BCUT2D eigenvalue weighted by Gasteiger charge is -2.15. The van der Waals surface area contributed by atoms with Crippen LogP contribution in [0.5, 0.6) is 5.75 Å². The Bertz CT molecular complexity index is 558. The smallest absolute Gasteiger partial charge is 0.465 e. The molecule has 0 aromatic heterocycles. The molecule has 1 atom stereocenters.